The number of nitrogen functional groups attached to an aromatic ring is 1. The lowest BCUT2D eigenvalue weighted by Crippen LogP contribution is -2.18. The van der Waals surface area contributed by atoms with Crippen LogP contribution in [0.15, 0.2) is 12.1 Å². The van der Waals surface area contributed by atoms with Gasteiger partial charge in [-0.2, -0.15) is 0 Å². The molecule has 1 aromatic rings. The van der Waals surface area contributed by atoms with Crippen LogP contribution in [0.5, 0.6) is 0 Å². The van der Waals surface area contributed by atoms with Crippen molar-refractivity contribution in [1.29, 1.82) is 0 Å². The van der Waals surface area contributed by atoms with E-state index in [2.05, 4.69) is 4.72 Å². The van der Waals surface area contributed by atoms with E-state index >= 15 is 0 Å². The molecule has 0 aliphatic carbocycles. The Labute approximate surface area is 103 Å². The first-order chi connectivity index (χ1) is 7.85. The molecular formula is C12H20N2O2S. The lowest BCUT2D eigenvalue weighted by atomic mass is 10.1. The van der Waals surface area contributed by atoms with Crippen LogP contribution >= 0.6 is 0 Å². The van der Waals surface area contributed by atoms with Crippen molar-refractivity contribution < 1.29 is 8.42 Å². The molecule has 0 amide bonds. The highest BCUT2D eigenvalue weighted by molar-refractivity contribution is 7.92. The molecule has 4 nitrogen and oxygen atoms in total. The summed E-state index contributed by atoms with van der Waals surface area (Å²) < 4.78 is 26.2. The quantitative estimate of drug-likeness (QED) is 0.795. The lowest BCUT2D eigenvalue weighted by molar-refractivity contribution is 0.598. The fraction of sp³-hybridized carbons (Fsp3) is 0.500. The van der Waals surface area contributed by atoms with Crippen LogP contribution in [0.3, 0.4) is 0 Å². The summed E-state index contributed by atoms with van der Waals surface area (Å²) in [5.41, 5.74) is 8.69. The third-order valence-electron chi connectivity index (χ3n) is 2.58. The van der Waals surface area contributed by atoms with Crippen molar-refractivity contribution in [2.24, 2.45) is 0 Å². The van der Waals surface area contributed by atoms with Crippen molar-refractivity contribution >= 4 is 21.4 Å². The number of unbranched alkanes of at least 4 members (excludes halogenated alkanes) is 1. The highest BCUT2D eigenvalue weighted by Gasteiger charge is 2.13. The lowest BCUT2D eigenvalue weighted by Gasteiger charge is -2.13. The SMILES string of the molecule is CCCCS(=O)(=O)Nc1c(C)cc(N)cc1C. The van der Waals surface area contributed by atoms with Crippen LogP contribution in [0.4, 0.5) is 11.4 Å². The van der Waals surface area contributed by atoms with Gasteiger partial charge in [0.15, 0.2) is 0 Å². The largest absolute Gasteiger partial charge is 0.399 e. The Balaban J connectivity index is 2.96. The van der Waals surface area contributed by atoms with Gasteiger partial charge in [-0.3, -0.25) is 4.72 Å². The number of hydrogen-bond donors (Lipinski definition) is 2. The Hall–Kier alpha value is -1.23. The summed E-state index contributed by atoms with van der Waals surface area (Å²) in [6.07, 6.45) is 1.53. The molecule has 0 saturated heterocycles. The van der Waals surface area contributed by atoms with Crippen LogP contribution in [0.25, 0.3) is 0 Å². The molecule has 0 bridgehead atoms. The Morgan fingerprint density at radius 1 is 1.24 bits per heavy atom. The van der Waals surface area contributed by atoms with E-state index < -0.39 is 10.0 Å². The summed E-state index contributed by atoms with van der Waals surface area (Å²) in [7, 11) is -3.25. The predicted molar refractivity (Wildman–Crippen MR) is 72.6 cm³/mol. The number of nitrogens with two attached hydrogens (primary N) is 1. The zero-order valence-electron chi connectivity index (χ0n) is 10.6. The first kappa shape index (κ1) is 13.8. The van der Waals surface area contributed by atoms with Crippen LogP contribution < -0.4 is 10.5 Å². The maximum atomic E-state index is 11.8. The molecule has 96 valence electrons. The van der Waals surface area contributed by atoms with E-state index in [0.29, 0.717) is 17.8 Å². The molecule has 0 spiro atoms. The summed E-state index contributed by atoms with van der Waals surface area (Å²) in [5, 5.41) is 0. The van der Waals surface area contributed by atoms with Crippen LogP contribution in [0.1, 0.15) is 30.9 Å². The van der Waals surface area contributed by atoms with E-state index in [0.717, 1.165) is 17.5 Å². The Morgan fingerprint density at radius 2 is 1.76 bits per heavy atom. The van der Waals surface area contributed by atoms with E-state index in [4.69, 9.17) is 5.73 Å². The highest BCUT2D eigenvalue weighted by Crippen LogP contribution is 2.24. The van der Waals surface area contributed by atoms with E-state index in [1.165, 1.54) is 0 Å². The number of anilines is 2. The Kier molecular flexibility index (Phi) is 4.40. The molecule has 5 heteroatoms. The van der Waals surface area contributed by atoms with Gasteiger partial charge in [0.2, 0.25) is 10.0 Å². The molecule has 0 unspecified atom stereocenters. The van der Waals surface area contributed by atoms with Gasteiger partial charge in [-0.1, -0.05) is 13.3 Å². The minimum atomic E-state index is -3.25. The smallest absolute Gasteiger partial charge is 0.232 e. The minimum Gasteiger partial charge on any atom is -0.399 e. The van der Waals surface area contributed by atoms with Crippen molar-refractivity contribution in [2.45, 2.75) is 33.6 Å². The second kappa shape index (κ2) is 5.40. The van der Waals surface area contributed by atoms with E-state index in [-0.39, 0.29) is 5.75 Å². The number of nitrogens with one attached hydrogen (secondary N) is 1. The number of rotatable bonds is 5. The zero-order chi connectivity index (χ0) is 13.1. The zero-order valence-corrected chi connectivity index (χ0v) is 11.4. The molecule has 1 aromatic carbocycles. The number of hydrogen-bond acceptors (Lipinski definition) is 3. The predicted octanol–water partition coefficient (Wildman–Crippen LogP) is 2.43. The second-order valence-corrected chi connectivity index (χ2v) is 6.15. The Morgan fingerprint density at radius 3 is 2.24 bits per heavy atom. The van der Waals surface area contributed by atoms with Gasteiger partial charge in [-0.05, 0) is 43.5 Å². The Bertz CT molecular complexity index is 472. The van der Waals surface area contributed by atoms with Gasteiger partial charge in [0.05, 0.1) is 11.4 Å². The molecule has 0 saturated carbocycles. The maximum Gasteiger partial charge on any atom is 0.232 e. The first-order valence-corrected chi connectivity index (χ1v) is 7.38. The standard InChI is InChI=1S/C12H20N2O2S/c1-4-5-6-17(15,16)14-12-9(2)7-11(13)8-10(12)3/h7-8,14H,4-6,13H2,1-3H3. The monoisotopic (exact) mass is 256 g/mol. The molecule has 0 radical (unpaired) electrons. The van der Waals surface area contributed by atoms with Gasteiger partial charge < -0.3 is 5.73 Å². The normalized spacial score (nSPS) is 11.5. The molecule has 1 rings (SSSR count). The van der Waals surface area contributed by atoms with Gasteiger partial charge in [0, 0.05) is 5.69 Å². The van der Waals surface area contributed by atoms with Crippen LogP contribution in [-0.4, -0.2) is 14.2 Å². The van der Waals surface area contributed by atoms with Gasteiger partial charge in [0.25, 0.3) is 0 Å². The van der Waals surface area contributed by atoms with Crippen LogP contribution in [0.2, 0.25) is 0 Å². The van der Waals surface area contributed by atoms with Crippen LogP contribution in [0, 0.1) is 13.8 Å². The minimum absolute atomic E-state index is 0.159. The number of aryl methyl sites for hydroxylation is 2. The van der Waals surface area contributed by atoms with E-state index in [9.17, 15) is 8.42 Å². The number of sulfonamides is 1. The molecule has 0 atom stereocenters. The molecule has 0 aliphatic rings. The molecular weight excluding hydrogens is 236 g/mol. The summed E-state index contributed by atoms with van der Waals surface area (Å²) in [5.74, 6) is 0.159. The van der Waals surface area contributed by atoms with Gasteiger partial charge in [0.1, 0.15) is 0 Å². The third kappa shape index (κ3) is 3.93. The summed E-state index contributed by atoms with van der Waals surface area (Å²) in [4.78, 5) is 0. The molecule has 3 N–H and O–H groups in total. The topological polar surface area (TPSA) is 72.2 Å². The second-order valence-electron chi connectivity index (χ2n) is 4.30. The molecule has 17 heavy (non-hydrogen) atoms. The van der Waals surface area contributed by atoms with Crippen LogP contribution in [-0.2, 0) is 10.0 Å². The maximum absolute atomic E-state index is 11.8. The molecule has 0 fully saturated rings. The van der Waals surface area contributed by atoms with E-state index in [1.807, 2.05) is 20.8 Å². The molecule has 0 aromatic heterocycles. The van der Waals surface area contributed by atoms with Crippen molar-refractivity contribution in [1.82, 2.24) is 0 Å². The van der Waals surface area contributed by atoms with Gasteiger partial charge in [-0.15, -0.1) is 0 Å². The van der Waals surface area contributed by atoms with E-state index in [1.54, 1.807) is 12.1 Å². The highest BCUT2D eigenvalue weighted by atomic mass is 32.2. The van der Waals surface area contributed by atoms with Crippen molar-refractivity contribution in [2.75, 3.05) is 16.2 Å². The fourth-order valence-electron chi connectivity index (χ4n) is 1.70. The fourth-order valence-corrected chi connectivity index (χ4v) is 3.10. The molecule has 0 aliphatic heterocycles. The summed E-state index contributed by atoms with van der Waals surface area (Å²) >= 11 is 0. The average Bonchev–Trinajstić information content (AvgIpc) is 2.21. The van der Waals surface area contributed by atoms with Crippen molar-refractivity contribution in [3.63, 3.8) is 0 Å². The van der Waals surface area contributed by atoms with Crippen molar-refractivity contribution in [3.05, 3.63) is 23.3 Å². The summed E-state index contributed by atoms with van der Waals surface area (Å²) in [6.45, 7) is 5.66. The summed E-state index contributed by atoms with van der Waals surface area (Å²) in [6, 6.07) is 3.54. The average molecular weight is 256 g/mol. The third-order valence-corrected chi connectivity index (χ3v) is 3.92. The van der Waals surface area contributed by atoms with Gasteiger partial charge in [-0.25, -0.2) is 8.42 Å². The molecule has 0 heterocycles. The number of benzene rings is 1. The van der Waals surface area contributed by atoms with Gasteiger partial charge >= 0.3 is 0 Å². The first-order valence-electron chi connectivity index (χ1n) is 5.73. The van der Waals surface area contributed by atoms with Crippen molar-refractivity contribution in [3.8, 4) is 0 Å².